The van der Waals surface area contributed by atoms with E-state index in [9.17, 15) is 8.42 Å². The van der Waals surface area contributed by atoms with Gasteiger partial charge in [-0.05, 0) is 6.92 Å². The van der Waals surface area contributed by atoms with Gasteiger partial charge in [0.05, 0.1) is 24.5 Å². The molecule has 0 unspecified atom stereocenters. The van der Waals surface area contributed by atoms with E-state index in [1.807, 2.05) is 0 Å². The zero-order valence-corrected chi connectivity index (χ0v) is 22.1. The molecule has 196 valence electrons. The zero-order valence-electron chi connectivity index (χ0n) is 20.6. The van der Waals surface area contributed by atoms with Crippen molar-refractivity contribution < 1.29 is 22.6 Å². The first-order chi connectivity index (χ1) is 17.7. The van der Waals surface area contributed by atoms with Gasteiger partial charge in [0, 0.05) is 38.3 Å². The van der Waals surface area contributed by atoms with Gasteiger partial charge in [-0.3, -0.25) is 4.57 Å². The molecular formula is C22H25ClN8O5S. The Bertz CT molecular complexity index is 1380. The van der Waals surface area contributed by atoms with Crippen LogP contribution in [0.1, 0.15) is 49.3 Å². The lowest BCUT2D eigenvalue weighted by Gasteiger charge is -2.27. The van der Waals surface area contributed by atoms with Crippen LogP contribution in [0.2, 0.25) is 5.02 Å². The van der Waals surface area contributed by atoms with Gasteiger partial charge in [0.2, 0.25) is 17.8 Å². The van der Waals surface area contributed by atoms with Gasteiger partial charge in [0.1, 0.15) is 24.0 Å². The molecule has 37 heavy (non-hydrogen) atoms. The first kappa shape index (κ1) is 26.6. The van der Waals surface area contributed by atoms with Crippen LogP contribution in [0.5, 0.6) is 11.8 Å². The average molecular weight is 549 g/mol. The molecule has 0 N–H and O–H groups in total. The third-order valence-electron chi connectivity index (χ3n) is 6.25. The molecule has 1 aliphatic rings. The largest absolute Gasteiger partial charge is 0.479 e. The molecule has 4 rings (SSSR count). The lowest BCUT2D eigenvalue weighted by atomic mass is 9.80. The lowest BCUT2D eigenvalue weighted by molar-refractivity contribution is 0.0948. The Kier molecular flexibility index (Phi) is 7.86. The van der Waals surface area contributed by atoms with E-state index in [0.29, 0.717) is 23.7 Å². The molecule has 3 aromatic heterocycles. The summed E-state index contributed by atoms with van der Waals surface area (Å²) in [7, 11) is 0.348. The third-order valence-corrected chi connectivity index (χ3v) is 8.49. The minimum absolute atomic E-state index is 0.107. The van der Waals surface area contributed by atoms with Gasteiger partial charge in [-0.25, -0.2) is 25.0 Å². The Labute approximate surface area is 218 Å². The summed E-state index contributed by atoms with van der Waals surface area (Å²) in [5.41, 5.74) is 0.279. The van der Waals surface area contributed by atoms with Crippen LogP contribution in [0.25, 0.3) is 10.5 Å². The second kappa shape index (κ2) is 10.9. The zero-order chi connectivity index (χ0) is 26.7. The predicted octanol–water partition coefficient (Wildman–Crippen LogP) is 2.37. The first-order valence-electron chi connectivity index (χ1n) is 11.2. The number of halogens is 1. The third kappa shape index (κ3) is 5.20. The van der Waals surface area contributed by atoms with Crippen molar-refractivity contribution in [2.24, 2.45) is 0 Å². The van der Waals surface area contributed by atoms with Crippen LogP contribution in [0.15, 0.2) is 18.7 Å². The number of hydrogen-bond donors (Lipinski definition) is 0. The van der Waals surface area contributed by atoms with E-state index in [-0.39, 0.29) is 41.1 Å². The lowest BCUT2D eigenvalue weighted by Crippen LogP contribution is -2.30. The van der Waals surface area contributed by atoms with Gasteiger partial charge in [-0.1, -0.05) is 11.6 Å². The van der Waals surface area contributed by atoms with Crippen molar-refractivity contribution in [3.63, 3.8) is 0 Å². The highest BCUT2D eigenvalue weighted by Gasteiger charge is 2.41. The number of nitrogens with zero attached hydrogens (tertiary/aromatic N) is 8. The molecule has 3 heterocycles. The summed E-state index contributed by atoms with van der Waals surface area (Å²) >= 11 is 5.88. The number of sulfone groups is 1. The second-order valence-corrected chi connectivity index (χ2v) is 11.2. The number of rotatable bonds is 10. The van der Waals surface area contributed by atoms with E-state index in [4.69, 9.17) is 32.4 Å². The summed E-state index contributed by atoms with van der Waals surface area (Å²) in [5, 5.41) is 7.83. The fraction of sp³-hybridized carbons (Fsp3) is 0.500. The van der Waals surface area contributed by atoms with E-state index in [0.717, 1.165) is 0 Å². The summed E-state index contributed by atoms with van der Waals surface area (Å²) < 4.78 is 45.2. The maximum atomic E-state index is 13.6. The van der Waals surface area contributed by atoms with Crippen molar-refractivity contribution >= 4 is 21.4 Å². The Balaban J connectivity index is 1.76. The van der Waals surface area contributed by atoms with E-state index < -0.39 is 26.9 Å². The predicted molar refractivity (Wildman–Crippen MR) is 131 cm³/mol. The summed E-state index contributed by atoms with van der Waals surface area (Å²) in [5.74, 6) is 0.498. The second-order valence-electron chi connectivity index (χ2n) is 8.43. The fourth-order valence-electron chi connectivity index (χ4n) is 4.15. The molecule has 0 radical (unpaired) electrons. The first-order valence-corrected chi connectivity index (χ1v) is 13.3. The van der Waals surface area contributed by atoms with Crippen LogP contribution in [0, 0.1) is 6.57 Å². The molecule has 1 aliphatic carbocycles. The Morgan fingerprint density at radius 1 is 1.11 bits per heavy atom. The molecule has 0 aliphatic heterocycles. The number of hydrogen-bond acceptors (Lipinski definition) is 11. The Morgan fingerprint density at radius 2 is 1.73 bits per heavy atom. The Morgan fingerprint density at radius 3 is 2.27 bits per heavy atom. The molecule has 3 aromatic rings. The van der Waals surface area contributed by atoms with Gasteiger partial charge in [-0.2, -0.15) is 9.97 Å². The number of aromatic nitrogens is 7. The van der Waals surface area contributed by atoms with Crippen molar-refractivity contribution in [1.29, 1.82) is 0 Å². The SMILES string of the molecule is [C-]#[N+]C1CC(c2nnc(CS(=O)(=O)[C@@H](C)[C@H](OC)c3ncc(Cl)cn3)n2-c2c(OC)ncnc2OC)C1. The van der Waals surface area contributed by atoms with Crippen molar-refractivity contribution in [2.45, 2.75) is 48.8 Å². The van der Waals surface area contributed by atoms with Crippen LogP contribution in [-0.2, 0) is 20.3 Å². The van der Waals surface area contributed by atoms with Crippen LogP contribution in [0.3, 0.4) is 0 Å². The summed E-state index contributed by atoms with van der Waals surface area (Å²) in [6, 6.07) is -0.125. The molecule has 0 saturated heterocycles. The van der Waals surface area contributed by atoms with Gasteiger partial charge < -0.3 is 19.1 Å². The smallest absolute Gasteiger partial charge is 0.245 e. The fourth-order valence-corrected chi connectivity index (χ4v) is 5.67. The molecule has 0 bridgehead atoms. The molecular weight excluding hydrogens is 524 g/mol. The number of ether oxygens (including phenoxy) is 3. The van der Waals surface area contributed by atoms with E-state index in [2.05, 4.69) is 35.0 Å². The van der Waals surface area contributed by atoms with Crippen molar-refractivity contribution in [3.8, 4) is 17.4 Å². The van der Waals surface area contributed by atoms with E-state index >= 15 is 0 Å². The van der Waals surface area contributed by atoms with Crippen LogP contribution >= 0.6 is 11.6 Å². The molecule has 0 aromatic carbocycles. The highest BCUT2D eigenvalue weighted by Crippen LogP contribution is 2.41. The topological polar surface area (TPSA) is 148 Å². The molecule has 1 fully saturated rings. The molecule has 0 amide bonds. The van der Waals surface area contributed by atoms with Crippen LogP contribution < -0.4 is 9.47 Å². The maximum Gasteiger partial charge on any atom is 0.245 e. The average Bonchev–Trinajstić information content (AvgIpc) is 3.25. The highest BCUT2D eigenvalue weighted by atomic mass is 35.5. The standard InChI is InChI=1S/C22H25ClN8O5S/c1-12(18(34-3)19-25-8-14(23)9-26-19)37(32,33)10-16-29-30-20(13-6-15(7-13)24-2)31(16)17-21(35-4)27-11-28-22(17)36-5/h8-9,11-13,15,18H,6-7,10H2,1,3-5H3/t12-,13?,15?,18-/m0/s1. The number of methoxy groups -OCH3 is 3. The molecule has 1 saturated carbocycles. The summed E-state index contributed by atoms with van der Waals surface area (Å²) in [6.45, 7) is 8.80. The minimum Gasteiger partial charge on any atom is -0.479 e. The quantitative estimate of drug-likeness (QED) is 0.344. The van der Waals surface area contributed by atoms with Crippen molar-refractivity contribution in [3.05, 3.63) is 52.6 Å². The summed E-state index contributed by atoms with van der Waals surface area (Å²) in [6.07, 6.45) is 4.22. The Hall–Kier alpha value is -3.41. The van der Waals surface area contributed by atoms with E-state index in [1.54, 1.807) is 4.57 Å². The molecule has 15 heteroatoms. The van der Waals surface area contributed by atoms with Gasteiger partial charge in [0.25, 0.3) is 0 Å². The van der Waals surface area contributed by atoms with E-state index in [1.165, 1.54) is 47.0 Å². The maximum absolute atomic E-state index is 13.6. The summed E-state index contributed by atoms with van der Waals surface area (Å²) in [4.78, 5) is 20.2. The van der Waals surface area contributed by atoms with Gasteiger partial charge >= 0.3 is 0 Å². The molecule has 13 nitrogen and oxygen atoms in total. The van der Waals surface area contributed by atoms with Gasteiger partial charge in [-0.15, -0.1) is 10.2 Å². The minimum atomic E-state index is -3.90. The van der Waals surface area contributed by atoms with Crippen molar-refractivity contribution in [1.82, 2.24) is 34.7 Å². The van der Waals surface area contributed by atoms with Crippen molar-refractivity contribution in [2.75, 3.05) is 21.3 Å². The monoisotopic (exact) mass is 548 g/mol. The van der Waals surface area contributed by atoms with Gasteiger partial charge in [0.15, 0.2) is 27.2 Å². The molecule has 0 spiro atoms. The van der Waals surface area contributed by atoms with Crippen LogP contribution in [0.4, 0.5) is 0 Å². The molecule has 2 atom stereocenters. The highest BCUT2D eigenvalue weighted by molar-refractivity contribution is 7.91. The normalized spacial score (nSPS) is 18.9. The van der Waals surface area contributed by atoms with Crippen LogP contribution in [-0.4, -0.2) is 75.7 Å².